The lowest BCUT2D eigenvalue weighted by atomic mass is 10.1. The molecule has 0 amide bonds. The van der Waals surface area contributed by atoms with Gasteiger partial charge in [-0.2, -0.15) is 0 Å². The van der Waals surface area contributed by atoms with E-state index in [1.54, 1.807) is 12.1 Å². The van der Waals surface area contributed by atoms with Crippen LogP contribution < -0.4 is 0 Å². The first kappa shape index (κ1) is 15.4. The van der Waals surface area contributed by atoms with E-state index in [2.05, 4.69) is 0 Å². The maximum absolute atomic E-state index is 13.5. The van der Waals surface area contributed by atoms with E-state index in [4.69, 9.17) is 12.2 Å². The zero-order chi connectivity index (χ0) is 15.6. The summed E-state index contributed by atoms with van der Waals surface area (Å²) in [5.41, 5.74) is 0.918. The van der Waals surface area contributed by atoms with Crippen LogP contribution in [0.2, 0.25) is 0 Å². The summed E-state index contributed by atoms with van der Waals surface area (Å²) < 4.78 is 53.1. The Bertz CT molecular complexity index is 692. The van der Waals surface area contributed by atoms with Gasteiger partial charge in [-0.15, -0.1) is 0 Å². The Morgan fingerprint density at radius 2 is 1.48 bits per heavy atom. The number of hydrogen-bond donors (Lipinski definition) is 0. The van der Waals surface area contributed by atoms with Gasteiger partial charge in [0.15, 0.2) is 23.3 Å². The van der Waals surface area contributed by atoms with Gasteiger partial charge in [0.25, 0.3) is 0 Å². The molecule has 0 unspecified atom stereocenters. The van der Waals surface area contributed by atoms with Crippen LogP contribution in [0.5, 0.6) is 0 Å². The van der Waals surface area contributed by atoms with E-state index >= 15 is 0 Å². The molecule has 21 heavy (non-hydrogen) atoms. The Balaban J connectivity index is 2.33. The van der Waals surface area contributed by atoms with E-state index in [1.807, 2.05) is 19.1 Å². The molecule has 0 aliphatic rings. The third-order valence-corrected chi connectivity index (χ3v) is 3.25. The first-order valence-corrected chi connectivity index (χ1v) is 6.43. The monoisotopic (exact) mass is 310 g/mol. The van der Waals surface area contributed by atoms with Gasteiger partial charge < -0.3 is 0 Å². The summed E-state index contributed by atoms with van der Waals surface area (Å²) in [6.07, 6.45) is 2.17. The second kappa shape index (κ2) is 6.18. The van der Waals surface area contributed by atoms with Crippen LogP contribution in [0.3, 0.4) is 0 Å². The normalized spacial score (nSPS) is 11.1. The summed E-state index contributed by atoms with van der Waals surface area (Å²) >= 11 is 5.10. The van der Waals surface area contributed by atoms with E-state index < -0.39 is 28.8 Å². The standard InChI is InChI=1S/C16H10F4S/c1-9-2-4-10(5-3-9)14(21)7-6-11-15(19)12(17)8-13(18)16(11)20/h2-8H,1H3. The first-order valence-electron chi connectivity index (χ1n) is 6.02. The van der Waals surface area contributed by atoms with E-state index in [-0.39, 0.29) is 6.07 Å². The van der Waals surface area contributed by atoms with Gasteiger partial charge in [0, 0.05) is 10.9 Å². The predicted molar refractivity (Wildman–Crippen MR) is 78.2 cm³/mol. The van der Waals surface area contributed by atoms with Crippen LogP contribution >= 0.6 is 12.2 Å². The summed E-state index contributed by atoms with van der Waals surface area (Å²) in [6.45, 7) is 1.91. The van der Waals surface area contributed by atoms with Gasteiger partial charge in [0.05, 0.1) is 5.56 Å². The maximum Gasteiger partial charge on any atom is 0.169 e. The summed E-state index contributed by atoms with van der Waals surface area (Å²) in [5, 5.41) is 0. The minimum Gasteiger partial charge on any atom is -0.204 e. The first-order chi connectivity index (χ1) is 9.90. The maximum atomic E-state index is 13.5. The lowest BCUT2D eigenvalue weighted by molar-refractivity contribution is 0.451. The Hall–Kier alpha value is -2.01. The quantitative estimate of drug-likeness (QED) is 0.253. The van der Waals surface area contributed by atoms with Crippen molar-refractivity contribution in [1.82, 2.24) is 0 Å². The Morgan fingerprint density at radius 1 is 0.952 bits per heavy atom. The highest BCUT2D eigenvalue weighted by molar-refractivity contribution is 7.81. The van der Waals surface area contributed by atoms with E-state index in [9.17, 15) is 17.6 Å². The van der Waals surface area contributed by atoms with Crippen molar-refractivity contribution in [2.45, 2.75) is 6.92 Å². The highest BCUT2D eigenvalue weighted by atomic mass is 32.1. The molecule has 0 spiro atoms. The van der Waals surface area contributed by atoms with Crippen LogP contribution in [0, 0.1) is 30.2 Å². The SMILES string of the molecule is Cc1ccc(C(=S)C=Cc2c(F)c(F)cc(F)c2F)cc1. The van der Waals surface area contributed by atoms with Crippen molar-refractivity contribution in [3.8, 4) is 0 Å². The summed E-state index contributed by atoms with van der Waals surface area (Å²) in [5.74, 6) is -5.79. The molecule has 0 saturated carbocycles. The Kier molecular flexibility index (Phi) is 4.53. The second-order valence-corrected chi connectivity index (χ2v) is 4.89. The largest absolute Gasteiger partial charge is 0.204 e. The van der Waals surface area contributed by atoms with Crippen molar-refractivity contribution in [3.63, 3.8) is 0 Å². The minimum atomic E-state index is -1.45. The van der Waals surface area contributed by atoms with Gasteiger partial charge in [-0.3, -0.25) is 0 Å². The van der Waals surface area contributed by atoms with Crippen molar-refractivity contribution in [2.24, 2.45) is 0 Å². The van der Waals surface area contributed by atoms with Crippen LogP contribution in [-0.2, 0) is 0 Å². The average Bonchev–Trinajstić information content (AvgIpc) is 2.45. The van der Waals surface area contributed by atoms with Gasteiger partial charge >= 0.3 is 0 Å². The molecule has 0 heterocycles. The van der Waals surface area contributed by atoms with Gasteiger partial charge in [-0.05, 0) is 24.6 Å². The molecule has 5 heteroatoms. The molecule has 0 atom stereocenters. The fraction of sp³-hybridized carbons (Fsp3) is 0.0625. The van der Waals surface area contributed by atoms with Gasteiger partial charge in [-0.25, -0.2) is 17.6 Å². The van der Waals surface area contributed by atoms with Crippen molar-refractivity contribution >= 4 is 23.2 Å². The van der Waals surface area contributed by atoms with Crippen LogP contribution in [0.1, 0.15) is 16.7 Å². The van der Waals surface area contributed by atoms with Gasteiger partial charge in [0.1, 0.15) is 0 Å². The highest BCUT2D eigenvalue weighted by Crippen LogP contribution is 2.21. The topological polar surface area (TPSA) is 0 Å². The predicted octanol–water partition coefficient (Wildman–Crippen LogP) is 4.98. The number of benzene rings is 2. The summed E-state index contributed by atoms with van der Waals surface area (Å²) in [4.78, 5) is 0.304. The number of halogens is 4. The molecule has 0 aromatic heterocycles. The number of rotatable bonds is 3. The van der Waals surface area contributed by atoms with Gasteiger partial charge in [0.2, 0.25) is 0 Å². The zero-order valence-corrected chi connectivity index (χ0v) is 11.8. The van der Waals surface area contributed by atoms with E-state index in [0.29, 0.717) is 10.4 Å². The molecule has 2 rings (SSSR count). The Labute approximate surface area is 124 Å². The third-order valence-electron chi connectivity index (χ3n) is 2.88. The van der Waals surface area contributed by atoms with Crippen molar-refractivity contribution in [1.29, 1.82) is 0 Å². The number of hydrogen-bond acceptors (Lipinski definition) is 1. The molecule has 2 aromatic carbocycles. The molecule has 108 valence electrons. The van der Waals surface area contributed by atoms with Crippen molar-refractivity contribution < 1.29 is 17.6 Å². The fourth-order valence-corrected chi connectivity index (χ4v) is 1.92. The van der Waals surface area contributed by atoms with Crippen LogP contribution in [0.4, 0.5) is 17.6 Å². The molecular weight excluding hydrogens is 300 g/mol. The Morgan fingerprint density at radius 3 is 2.00 bits per heavy atom. The summed E-state index contributed by atoms with van der Waals surface area (Å²) in [7, 11) is 0. The number of thiocarbonyl (C=S) groups is 1. The second-order valence-electron chi connectivity index (χ2n) is 4.45. The van der Waals surface area contributed by atoms with Crippen molar-refractivity contribution in [2.75, 3.05) is 0 Å². The van der Waals surface area contributed by atoms with Crippen molar-refractivity contribution in [3.05, 3.63) is 76.4 Å². The average molecular weight is 310 g/mol. The number of aryl methyl sites for hydroxylation is 1. The molecule has 0 aliphatic heterocycles. The molecule has 0 bridgehead atoms. The van der Waals surface area contributed by atoms with E-state index in [1.165, 1.54) is 6.08 Å². The molecule has 2 aromatic rings. The number of allylic oxidation sites excluding steroid dienone is 1. The lowest BCUT2D eigenvalue weighted by Gasteiger charge is -2.03. The van der Waals surface area contributed by atoms with Crippen LogP contribution in [-0.4, -0.2) is 4.86 Å². The fourth-order valence-electron chi connectivity index (χ4n) is 1.71. The highest BCUT2D eigenvalue weighted by Gasteiger charge is 2.16. The minimum absolute atomic E-state index is 0.167. The lowest BCUT2D eigenvalue weighted by Crippen LogP contribution is -1.99. The molecule has 0 fully saturated rings. The van der Waals surface area contributed by atoms with E-state index in [0.717, 1.165) is 11.6 Å². The van der Waals surface area contributed by atoms with Crippen LogP contribution in [0.25, 0.3) is 6.08 Å². The zero-order valence-electron chi connectivity index (χ0n) is 11.0. The third kappa shape index (κ3) is 3.36. The van der Waals surface area contributed by atoms with Gasteiger partial charge in [-0.1, -0.05) is 42.0 Å². The molecule has 0 nitrogen and oxygen atoms in total. The molecule has 0 N–H and O–H groups in total. The molecule has 0 aliphatic carbocycles. The molecule has 0 saturated heterocycles. The summed E-state index contributed by atoms with van der Waals surface area (Å²) in [6, 6.07) is 7.33. The van der Waals surface area contributed by atoms with Crippen LogP contribution in [0.15, 0.2) is 36.4 Å². The molecule has 0 radical (unpaired) electrons. The molecular formula is C16H10F4S. The smallest absolute Gasteiger partial charge is 0.169 e.